The van der Waals surface area contributed by atoms with E-state index in [4.69, 9.17) is 0 Å². The lowest BCUT2D eigenvalue weighted by atomic mass is 9.85. The zero-order valence-corrected chi connectivity index (χ0v) is 8.91. The highest BCUT2D eigenvalue weighted by Crippen LogP contribution is 2.43. The van der Waals surface area contributed by atoms with Crippen LogP contribution in [0.3, 0.4) is 0 Å². The molecule has 0 aromatic heterocycles. The van der Waals surface area contributed by atoms with E-state index in [-0.39, 0.29) is 0 Å². The summed E-state index contributed by atoms with van der Waals surface area (Å²) in [5.41, 5.74) is 0.708. The first-order valence-corrected chi connectivity index (χ1v) is 5.16. The molecule has 0 heterocycles. The molecule has 0 aliphatic heterocycles. The molecular weight excluding hydrogens is 132 g/mol. The van der Waals surface area contributed by atoms with E-state index in [1.54, 1.807) is 0 Å². The summed E-state index contributed by atoms with van der Waals surface area (Å²) in [6.45, 7) is 11.1. The molecule has 0 amide bonds. The van der Waals surface area contributed by atoms with Crippen molar-refractivity contribution in [3.63, 3.8) is 0 Å². The maximum atomic E-state index is 2.43. The van der Waals surface area contributed by atoms with Gasteiger partial charge in [-0.05, 0) is 24.2 Å². The maximum absolute atomic E-state index is 2.43. The van der Waals surface area contributed by atoms with Crippen molar-refractivity contribution in [1.82, 2.24) is 0 Å². The molecule has 11 heavy (non-hydrogen) atoms. The van der Waals surface area contributed by atoms with E-state index >= 15 is 0 Å². The van der Waals surface area contributed by atoms with Crippen LogP contribution in [-0.4, -0.2) is 0 Å². The Morgan fingerprint density at radius 2 is 1.91 bits per heavy atom. The van der Waals surface area contributed by atoms with Gasteiger partial charge in [0, 0.05) is 0 Å². The van der Waals surface area contributed by atoms with Gasteiger partial charge >= 0.3 is 0 Å². The zero-order chi connectivity index (χ0) is 8.91. The molecule has 0 heteroatoms. The van der Waals surface area contributed by atoms with Gasteiger partial charge in [-0.25, -0.2) is 0 Å². The van der Waals surface area contributed by atoms with Crippen LogP contribution in [0, 0.1) is 11.3 Å². The monoisotopic (exact) mass is 156 g/mol. The average Bonchev–Trinajstić information content (AvgIpc) is 2.37. The van der Waals surface area contributed by atoms with Crippen molar-refractivity contribution in [1.29, 1.82) is 0 Å². The Kier molecular flexibility index (Phi) is 4.79. The van der Waals surface area contributed by atoms with Crippen molar-refractivity contribution < 1.29 is 0 Å². The lowest BCUT2D eigenvalue weighted by Gasteiger charge is -2.20. The van der Waals surface area contributed by atoms with Crippen LogP contribution < -0.4 is 0 Å². The van der Waals surface area contributed by atoms with E-state index in [1.807, 2.05) is 13.8 Å². The summed E-state index contributed by atoms with van der Waals surface area (Å²) >= 11 is 0. The van der Waals surface area contributed by atoms with Crippen molar-refractivity contribution in [2.45, 2.75) is 60.3 Å². The highest BCUT2D eigenvalue weighted by Gasteiger charge is 2.30. The largest absolute Gasteiger partial charge is 0.0683 e. The van der Waals surface area contributed by atoms with Crippen molar-refractivity contribution >= 4 is 0 Å². The van der Waals surface area contributed by atoms with Crippen molar-refractivity contribution in [2.75, 3.05) is 0 Å². The van der Waals surface area contributed by atoms with Gasteiger partial charge in [0.1, 0.15) is 0 Å². The van der Waals surface area contributed by atoms with Gasteiger partial charge in [-0.3, -0.25) is 0 Å². The van der Waals surface area contributed by atoms with Crippen molar-refractivity contribution in [3.05, 3.63) is 0 Å². The second-order valence-corrected chi connectivity index (χ2v) is 4.01. The molecule has 0 saturated heterocycles. The van der Waals surface area contributed by atoms with Gasteiger partial charge in [0.05, 0.1) is 0 Å². The van der Waals surface area contributed by atoms with Crippen LogP contribution in [0.1, 0.15) is 60.3 Å². The quantitative estimate of drug-likeness (QED) is 0.532. The minimum atomic E-state index is 0.708. The van der Waals surface area contributed by atoms with Crippen LogP contribution in [0.25, 0.3) is 0 Å². The van der Waals surface area contributed by atoms with Crippen molar-refractivity contribution in [2.24, 2.45) is 11.3 Å². The van der Waals surface area contributed by atoms with E-state index in [1.165, 1.54) is 25.7 Å². The van der Waals surface area contributed by atoms with E-state index in [0.717, 1.165) is 5.92 Å². The van der Waals surface area contributed by atoms with Gasteiger partial charge in [0.2, 0.25) is 0 Å². The third kappa shape index (κ3) is 3.27. The third-order valence-corrected chi connectivity index (χ3v) is 2.94. The molecule has 2 unspecified atom stereocenters. The molecule has 1 aliphatic carbocycles. The summed E-state index contributed by atoms with van der Waals surface area (Å²) in [5, 5.41) is 0. The molecule has 68 valence electrons. The van der Waals surface area contributed by atoms with Crippen LogP contribution in [-0.2, 0) is 0 Å². The first-order valence-electron chi connectivity index (χ1n) is 5.16. The number of hydrogen-bond donors (Lipinski definition) is 0. The minimum absolute atomic E-state index is 0.708. The van der Waals surface area contributed by atoms with Crippen LogP contribution in [0.5, 0.6) is 0 Å². The maximum Gasteiger partial charge on any atom is -0.0326 e. The number of hydrogen-bond acceptors (Lipinski definition) is 0. The SMILES string of the molecule is CC.CCC1(C)CCC(C)C1. The fourth-order valence-corrected chi connectivity index (χ4v) is 1.96. The molecule has 0 nitrogen and oxygen atoms in total. The lowest BCUT2D eigenvalue weighted by Crippen LogP contribution is -2.08. The van der Waals surface area contributed by atoms with Crippen LogP contribution >= 0.6 is 0 Å². The van der Waals surface area contributed by atoms with Crippen molar-refractivity contribution in [3.8, 4) is 0 Å². The molecule has 2 atom stereocenters. The molecule has 1 saturated carbocycles. The Hall–Kier alpha value is 0. The summed E-state index contributed by atoms with van der Waals surface area (Å²) in [4.78, 5) is 0. The molecule has 0 radical (unpaired) electrons. The molecule has 0 N–H and O–H groups in total. The average molecular weight is 156 g/mol. The Labute approximate surface area is 72.4 Å². The van der Waals surface area contributed by atoms with E-state index in [0.29, 0.717) is 5.41 Å². The van der Waals surface area contributed by atoms with Gasteiger partial charge in [-0.1, -0.05) is 47.5 Å². The summed E-state index contributed by atoms with van der Waals surface area (Å²) < 4.78 is 0. The Morgan fingerprint density at radius 1 is 1.36 bits per heavy atom. The summed E-state index contributed by atoms with van der Waals surface area (Å²) in [5.74, 6) is 0.995. The smallest absolute Gasteiger partial charge is 0.0326 e. The normalized spacial score (nSPS) is 36.3. The zero-order valence-electron chi connectivity index (χ0n) is 8.91. The van der Waals surface area contributed by atoms with Gasteiger partial charge in [-0.15, -0.1) is 0 Å². The van der Waals surface area contributed by atoms with Gasteiger partial charge in [-0.2, -0.15) is 0 Å². The first-order chi connectivity index (χ1) is 5.16. The van der Waals surface area contributed by atoms with Crippen LogP contribution in [0.4, 0.5) is 0 Å². The summed E-state index contributed by atoms with van der Waals surface area (Å²) in [7, 11) is 0. The second-order valence-electron chi connectivity index (χ2n) is 4.01. The van der Waals surface area contributed by atoms with E-state index in [2.05, 4.69) is 20.8 Å². The van der Waals surface area contributed by atoms with Crippen LogP contribution in [0.2, 0.25) is 0 Å². The standard InChI is InChI=1S/C9H18.C2H6/c1-4-9(3)6-5-8(2)7-9;1-2/h8H,4-7H2,1-3H3;1-2H3. The predicted molar refractivity (Wildman–Crippen MR) is 52.8 cm³/mol. The molecule has 1 rings (SSSR count). The number of rotatable bonds is 1. The van der Waals surface area contributed by atoms with Gasteiger partial charge in [0.25, 0.3) is 0 Å². The highest BCUT2D eigenvalue weighted by atomic mass is 14.4. The molecule has 1 fully saturated rings. The van der Waals surface area contributed by atoms with E-state index < -0.39 is 0 Å². The molecule has 0 aromatic carbocycles. The Morgan fingerprint density at radius 3 is 2.09 bits per heavy atom. The fraction of sp³-hybridized carbons (Fsp3) is 1.00. The highest BCUT2D eigenvalue weighted by molar-refractivity contribution is 4.82. The van der Waals surface area contributed by atoms with Gasteiger partial charge < -0.3 is 0 Å². The molecular formula is C11H24. The van der Waals surface area contributed by atoms with Crippen LogP contribution in [0.15, 0.2) is 0 Å². The Bertz CT molecular complexity index is 96.2. The fourth-order valence-electron chi connectivity index (χ4n) is 1.96. The summed E-state index contributed by atoms with van der Waals surface area (Å²) in [6, 6.07) is 0. The van der Waals surface area contributed by atoms with Gasteiger partial charge in [0.15, 0.2) is 0 Å². The third-order valence-electron chi connectivity index (χ3n) is 2.94. The molecule has 0 aromatic rings. The molecule has 0 bridgehead atoms. The second kappa shape index (κ2) is 4.79. The first kappa shape index (κ1) is 11.0. The minimum Gasteiger partial charge on any atom is -0.0683 e. The predicted octanol–water partition coefficient (Wildman–Crippen LogP) is 4.25. The summed E-state index contributed by atoms with van der Waals surface area (Å²) in [6.07, 6.45) is 5.76. The molecule has 1 aliphatic rings. The molecule has 0 spiro atoms. The topological polar surface area (TPSA) is 0 Å². The Balaban J connectivity index is 0.000000461. The lowest BCUT2D eigenvalue weighted by molar-refractivity contribution is 0.312. The van der Waals surface area contributed by atoms with E-state index in [9.17, 15) is 0 Å².